The lowest BCUT2D eigenvalue weighted by Crippen LogP contribution is -2.43. The highest BCUT2D eigenvalue weighted by Crippen LogP contribution is 2.23. The van der Waals surface area contributed by atoms with Crippen LogP contribution in [0.25, 0.3) is 5.65 Å². The molecular formula is C24H23N5O3S. The predicted molar refractivity (Wildman–Crippen MR) is 125 cm³/mol. The quantitative estimate of drug-likeness (QED) is 0.471. The summed E-state index contributed by atoms with van der Waals surface area (Å²) in [6, 6.07) is 13.0. The van der Waals surface area contributed by atoms with E-state index >= 15 is 0 Å². The predicted octanol–water partition coefficient (Wildman–Crippen LogP) is 3.86. The van der Waals surface area contributed by atoms with Crippen LogP contribution in [0.4, 0.5) is 5.13 Å². The lowest BCUT2D eigenvalue weighted by atomic mass is 9.96. The number of imidazole rings is 1. The van der Waals surface area contributed by atoms with E-state index in [1.807, 2.05) is 52.5 Å². The molecule has 1 aromatic carbocycles. The SMILES string of the molecule is O=C(Nc1nccs1)C1CCCN(C(=O)c2cccc(OCc3cn4ccccc4n3)c2)C1. The van der Waals surface area contributed by atoms with E-state index in [-0.39, 0.29) is 17.7 Å². The maximum absolute atomic E-state index is 13.1. The Balaban J connectivity index is 1.22. The number of piperidine rings is 1. The Labute approximate surface area is 194 Å². The Morgan fingerprint density at radius 2 is 2.15 bits per heavy atom. The molecular weight excluding hydrogens is 438 g/mol. The molecule has 9 heteroatoms. The second-order valence-corrected chi connectivity index (χ2v) is 8.83. The largest absolute Gasteiger partial charge is 0.487 e. The molecule has 5 rings (SSSR count). The summed E-state index contributed by atoms with van der Waals surface area (Å²) in [6.07, 6.45) is 7.05. The van der Waals surface area contributed by atoms with E-state index in [0.29, 0.717) is 36.1 Å². The number of nitrogens with one attached hydrogen (secondary N) is 1. The second kappa shape index (κ2) is 9.41. The van der Waals surface area contributed by atoms with Crippen molar-refractivity contribution >= 4 is 33.9 Å². The van der Waals surface area contributed by atoms with Gasteiger partial charge in [0.2, 0.25) is 5.91 Å². The highest BCUT2D eigenvalue weighted by molar-refractivity contribution is 7.13. The number of carbonyl (C=O) groups is 2. The lowest BCUT2D eigenvalue weighted by Gasteiger charge is -2.32. The number of ether oxygens (including phenoxy) is 1. The van der Waals surface area contributed by atoms with E-state index in [0.717, 1.165) is 24.2 Å². The first kappa shape index (κ1) is 21.1. The first-order chi connectivity index (χ1) is 16.2. The molecule has 1 aliphatic rings. The first-order valence-electron chi connectivity index (χ1n) is 10.8. The molecule has 1 fully saturated rings. The molecule has 168 valence electrons. The van der Waals surface area contributed by atoms with Gasteiger partial charge in [-0.1, -0.05) is 12.1 Å². The van der Waals surface area contributed by atoms with Crippen molar-refractivity contribution in [3.05, 3.63) is 77.7 Å². The molecule has 1 aliphatic heterocycles. The fourth-order valence-electron chi connectivity index (χ4n) is 3.98. The van der Waals surface area contributed by atoms with Crippen molar-refractivity contribution in [2.24, 2.45) is 5.92 Å². The third-order valence-corrected chi connectivity index (χ3v) is 6.31. The van der Waals surface area contributed by atoms with Crippen molar-refractivity contribution in [2.45, 2.75) is 19.4 Å². The van der Waals surface area contributed by atoms with Gasteiger partial charge in [0.15, 0.2) is 5.13 Å². The lowest BCUT2D eigenvalue weighted by molar-refractivity contribution is -0.121. The van der Waals surface area contributed by atoms with Crippen LogP contribution in [0.15, 0.2) is 66.4 Å². The molecule has 0 bridgehead atoms. The number of hydrogen-bond donors (Lipinski definition) is 1. The summed E-state index contributed by atoms with van der Waals surface area (Å²) in [6.45, 7) is 1.33. The van der Waals surface area contributed by atoms with Crippen LogP contribution in [0.1, 0.15) is 28.9 Å². The fourth-order valence-corrected chi connectivity index (χ4v) is 4.52. The standard InChI is InChI=1S/C24H23N5O3S/c30-22(27-24-25-9-12-33-24)18-6-4-11-29(14-18)23(31)17-5-3-7-20(13-17)32-16-19-15-28-10-2-1-8-21(28)26-19/h1-3,5,7-10,12-13,15,18H,4,6,11,14,16H2,(H,25,27,30). The van der Waals surface area contributed by atoms with Gasteiger partial charge in [-0.05, 0) is 43.2 Å². The van der Waals surface area contributed by atoms with E-state index in [1.165, 1.54) is 11.3 Å². The number of thiazole rings is 1. The van der Waals surface area contributed by atoms with Gasteiger partial charge in [0, 0.05) is 42.6 Å². The summed E-state index contributed by atoms with van der Waals surface area (Å²) in [5, 5.41) is 5.24. The zero-order chi connectivity index (χ0) is 22.6. The van der Waals surface area contributed by atoms with E-state index in [2.05, 4.69) is 15.3 Å². The average molecular weight is 462 g/mol. The number of nitrogens with zero attached hydrogens (tertiary/aromatic N) is 4. The van der Waals surface area contributed by atoms with Crippen LogP contribution in [0, 0.1) is 5.92 Å². The Hall–Kier alpha value is -3.72. The van der Waals surface area contributed by atoms with Gasteiger partial charge in [-0.3, -0.25) is 9.59 Å². The fraction of sp³-hybridized carbons (Fsp3) is 0.250. The van der Waals surface area contributed by atoms with E-state index in [4.69, 9.17) is 4.74 Å². The number of anilines is 1. The summed E-state index contributed by atoms with van der Waals surface area (Å²) < 4.78 is 7.84. The Morgan fingerprint density at radius 1 is 1.21 bits per heavy atom. The van der Waals surface area contributed by atoms with Crippen LogP contribution < -0.4 is 10.1 Å². The molecule has 0 saturated carbocycles. The minimum Gasteiger partial charge on any atom is -0.487 e. The molecule has 4 heterocycles. The maximum atomic E-state index is 13.1. The summed E-state index contributed by atoms with van der Waals surface area (Å²) in [5.74, 6) is 0.168. The molecule has 1 unspecified atom stereocenters. The van der Waals surface area contributed by atoms with Crippen molar-refractivity contribution in [2.75, 3.05) is 18.4 Å². The van der Waals surface area contributed by atoms with E-state index < -0.39 is 0 Å². The van der Waals surface area contributed by atoms with Crippen LogP contribution in [0.5, 0.6) is 5.75 Å². The number of pyridine rings is 1. The maximum Gasteiger partial charge on any atom is 0.254 e. The summed E-state index contributed by atoms with van der Waals surface area (Å²) >= 11 is 1.38. The Kier molecular flexibility index (Phi) is 6.03. The Bertz CT molecular complexity index is 1240. The minimum atomic E-state index is -0.249. The molecule has 4 aromatic rings. The van der Waals surface area contributed by atoms with Crippen molar-refractivity contribution in [1.29, 1.82) is 0 Å². The summed E-state index contributed by atoms with van der Waals surface area (Å²) in [4.78, 5) is 36.1. The third-order valence-electron chi connectivity index (χ3n) is 5.62. The molecule has 0 radical (unpaired) electrons. The molecule has 0 spiro atoms. The van der Waals surface area contributed by atoms with E-state index in [9.17, 15) is 9.59 Å². The van der Waals surface area contributed by atoms with E-state index in [1.54, 1.807) is 23.2 Å². The number of rotatable bonds is 6. The van der Waals surface area contributed by atoms with Gasteiger partial charge in [-0.2, -0.15) is 0 Å². The molecule has 3 aromatic heterocycles. The first-order valence-corrected chi connectivity index (χ1v) is 11.7. The van der Waals surface area contributed by atoms with Crippen LogP contribution in [-0.2, 0) is 11.4 Å². The minimum absolute atomic E-state index is 0.0908. The summed E-state index contributed by atoms with van der Waals surface area (Å²) in [7, 11) is 0. The monoisotopic (exact) mass is 461 g/mol. The Morgan fingerprint density at radius 3 is 3.00 bits per heavy atom. The number of fused-ring (bicyclic) bond motifs is 1. The van der Waals surface area contributed by atoms with Crippen molar-refractivity contribution < 1.29 is 14.3 Å². The highest BCUT2D eigenvalue weighted by Gasteiger charge is 2.29. The zero-order valence-electron chi connectivity index (χ0n) is 17.9. The number of amides is 2. The highest BCUT2D eigenvalue weighted by atomic mass is 32.1. The molecule has 8 nitrogen and oxygen atoms in total. The number of carbonyl (C=O) groups excluding carboxylic acids is 2. The van der Waals surface area contributed by atoms with Crippen molar-refractivity contribution in [3.8, 4) is 5.75 Å². The van der Waals surface area contributed by atoms with Gasteiger partial charge >= 0.3 is 0 Å². The molecule has 0 aliphatic carbocycles. The summed E-state index contributed by atoms with van der Waals surface area (Å²) in [5.41, 5.74) is 2.21. The number of hydrogen-bond acceptors (Lipinski definition) is 6. The molecule has 1 N–H and O–H groups in total. The van der Waals surface area contributed by atoms with Gasteiger partial charge in [-0.25, -0.2) is 9.97 Å². The number of benzene rings is 1. The van der Waals surface area contributed by atoms with Gasteiger partial charge in [0.05, 0.1) is 11.6 Å². The van der Waals surface area contributed by atoms with Crippen LogP contribution >= 0.6 is 11.3 Å². The molecule has 1 saturated heterocycles. The van der Waals surface area contributed by atoms with Crippen molar-refractivity contribution in [1.82, 2.24) is 19.3 Å². The van der Waals surface area contributed by atoms with Crippen LogP contribution in [0.2, 0.25) is 0 Å². The van der Waals surface area contributed by atoms with Crippen LogP contribution in [0.3, 0.4) is 0 Å². The molecule has 1 atom stereocenters. The average Bonchev–Trinajstić information content (AvgIpc) is 3.52. The van der Waals surface area contributed by atoms with Gasteiger partial charge < -0.3 is 19.4 Å². The smallest absolute Gasteiger partial charge is 0.254 e. The third kappa shape index (κ3) is 4.88. The van der Waals surface area contributed by atoms with Gasteiger partial charge in [0.1, 0.15) is 18.0 Å². The number of likely N-dealkylation sites (tertiary alicyclic amines) is 1. The topological polar surface area (TPSA) is 88.8 Å². The zero-order valence-corrected chi connectivity index (χ0v) is 18.7. The van der Waals surface area contributed by atoms with Gasteiger partial charge in [0.25, 0.3) is 5.91 Å². The van der Waals surface area contributed by atoms with Crippen molar-refractivity contribution in [3.63, 3.8) is 0 Å². The normalized spacial score (nSPS) is 16.0. The van der Waals surface area contributed by atoms with Gasteiger partial charge in [-0.15, -0.1) is 11.3 Å². The van der Waals surface area contributed by atoms with Crippen LogP contribution in [-0.4, -0.2) is 44.2 Å². The molecule has 33 heavy (non-hydrogen) atoms. The second-order valence-electron chi connectivity index (χ2n) is 7.93. The molecule has 2 amide bonds. The number of aromatic nitrogens is 3.